The highest BCUT2D eigenvalue weighted by atomic mass is 16.5. The lowest BCUT2D eigenvalue weighted by Gasteiger charge is -2.00. The number of nitrogens with zero attached hydrogens (tertiary/aromatic N) is 1. The second-order valence-electron chi connectivity index (χ2n) is 2.62. The molecular weight excluding hydrogens is 192 g/mol. The van der Waals surface area contributed by atoms with E-state index in [0.717, 1.165) is 5.69 Å². The topological polar surface area (TPSA) is 51.2 Å². The van der Waals surface area contributed by atoms with Crippen LogP contribution in [0.5, 0.6) is 0 Å². The van der Waals surface area contributed by atoms with Crippen molar-refractivity contribution in [2.75, 3.05) is 19.0 Å². The zero-order chi connectivity index (χ0) is 11.1. The Morgan fingerprint density at radius 1 is 1.67 bits per heavy atom. The van der Waals surface area contributed by atoms with Crippen molar-refractivity contribution in [2.45, 2.75) is 6.92 Å². The summed E-state index contributed by atoms with van der Waals surface area (Å²) in [4.78, 5) is 15.0. The van der Waals surface area contributed by atoms with Crippen LogP contribution in [0.4, 0.5) is 5.69 Å². The Morgan fingerprint density at radius 2 is 2.47 bits per heavy atom. The van der Waals surface area contributed by atoms with Gasteiger partial charge in [0.15, 0.2) is 0 Å². The standard InChI is InChI=1S/C11H12N2O2/c1-3-15-11(14)7-6-10-9(12-2)5-4-8-13-10/h4-5,8,12H,3H2,1-2H3. The Labute approximate surface area is 88.7 Å². The summed E-state index contributed by atoms with van der Waals surface area (Å²) < 4.78 is 4.68. The van der Waals surface area contributed by atoms with Gasteiger partial charge >= 0.3 is 5.97 Å². The van der Waals surface area contributed by atoms with E-state index in [2.05, 4.69) is 26.9 Å². The Balaban J connectivity index is 2.83. The molecule has 1 heterocycles. The molecule has 78 valence electrons. The van der Waals surface area contributed by atoms with Gasteiger partial charge in [-0.3, -0.25) is 0 Å². The summed E-state index contributed by atoms with van der Waals surface area (Å²) >= 11 is 0. The van der Waals surface area contributed by atoms with Crippen molar-refractivity contribution < 1.29 is 9.53 Å². The molecule has 0 amide bonds. The summed E-state index contributed by atoms with van der Waals surface area (Å²) in [6.45, 7) is 2.06. The van der Waals surface area contributed by atoms with Crippen LogP contribution in [0.3, 0.4) is 0 Å². The first-order valence-corrected chi connectivity index (χ1v) is 4.59. The fourth-order valence-corrected chi connectivity index (χ4v) is 0.984. The van der Waals surface area contributed by atoms with E-state index in [9.17, 15) is 4.79 Å². The average molecular weight is 204 g/mol. The smallest absolute Gasteiger partial charge is 0.384 e. The van der Waals surface area contributed by atoms with Crippen molar-refractivity contribution in [3.05, 3.63) is 24.0 Å². The molecule has 1 rings (SSSR count). The van der Waals surface area contributed by atoms with Crippen molar-refractivity contribution in [3.8, 4) is 11.8 Å². The molecule has 0 aromatic carbocycles. The molecule has 1 aromatic rings. The van der Waals surface area contributed by atoms with E-state index in [-0.39, 0.29) is 0 Å². The Hall–Kier alpha value is -2.02. The maximum atomic E-state index is 11.0. The lowest BCUT2D eigenvalue weighted by Crippen LogP contribution is -2.00. The molecule has 1 aromatic heterocycles. The predicted octanol–water partition coefficient (Wildman–Crippen LogP) is 1.04. The second-order valence-corrected chi connectivity index (χ2v) is 2.62. The van der Waals surface area contributed by atoms with E-state index in [1.807, 2.05) is 6.07 Å². The molecule has 0 aliphatic rings. The largest absolute Gasteiger partial charge is 0.456 e. The quantitative estimate of drug-likeness (QED) is 0.577. The number of ether oxygens (including phenoxy) is 1. The zero-order valence-electron chi connectivity index (χ0n) is 8.70. The summed E-state index contributed by atoms with van der Waals surface area (Å²) in [6.07, 6.45) is 1.62. The summed E-state index contributed by atoms with van der Waals surface area (Å²) in [5, 5.41) is 2.93. The van der Waals surface area contributed by atoms with Gasteiger partial charge in [-0.1, -0.05) is 0 Å². The Kier molecular flexibility index (Phi) is 4.17. The van der Waals surface area contributed by atoms with Gasteiger partial charge in [0, 0.05) is 19.2 Å². The molecule has 4 nitrogen and oxygen atoms in total. The van der Waals surface area contributed by atoms with Gasteiger partial charge < -0.3 is 10.1 Å². The molecule has 0 aliphatic carbocycles. The summed E-state index contributed by atoms with van der Waals surface area (Å²) in [5.74, 6) is 4.47. The van der Waals surface area contributed by atoms with Gasteiger partial charge in [0.25, 0.3) is 0 Å². The zero-order valence-corrected chi connectivity index (χ0v) is 8.70. The van der Waals surface area contributed by atoms with Crippen LogP contribution in [-0.4, -0.2) is 24.6 Å². The van der Waals surface area contributed by atoms with Gasteiger partial charge in [-0.25, -0.2) is 9.78 Å². The van der Waals surface area contributed by atoms with E-state index < -0.39 is 5.97 Å². The summed E-state index contributed by atoms with van der Waals surface area (Å²) in [6, 6.07) is 3.63. The number of anilines is 1. The fourth-order valence-electron chi connectivity index (χ4n) is 0.984. The van der Waals surface area contributed by atoms with Crippen LogP contribution in [0.1, 0.15) is 12.6 Å². The molecule has 0 bridgehead atoms. The summed E-state index contributed by atoms with van der Waals surface area (Å²) in [5.41, 5.74) is 1.32. The minimum absolute atomic E-state index is 0.328. The molecule has 0 atom stereocenters. The lowest BCUT2D eigenvalue weighted by molar-refractivity contribution is -0.136. The van der Waals surface area contributed by atoms with Crippen molar-refractivity contribution in [1.29, 1.82) is 0 Å². The van der Waals surface area contributed by atoms with E-state index >= 15 is 0 Å². The van der Waals surface area contributed by atoms with Crippen molar-refractivity contribution in [2.24, 2.45) is 0 Å². The third-order valence-electron chi connectivity index (χ3n) is 1.64. The van der Waals surface area contributed by atoms with E-state index in [1.54, 1.807) is 26.2 Å². The first-order chi connectivity index (χ1) is 7.27. The molecule has 0 unspecified atom stereocenters. The van der Waals surface area contributed by atoms with Gasteiger partial charge in [0.2, 0.25) is 0 Å². The highest BCUT2D eigenvalue weighted by molar-refractivity contribution is 5.89. The highest BCUT2D eigenvalue weighted by Gasteiger charge is 1.98. The molecule has 4 heteroatoms. The molecule has 0 saturated heterocycles. The van der Waals surface area contributed by atoms with Crippen LogP contribution in [0.15, 0.2) is 18.3 Å². The number of carbonyl (C=O) groups excluding carboxylic acids is 1. The third-order valence-corrected chi connectivity index (χ3v) is 1.64. The van der Waals surface area contributed by atoms with Gasteiger partial charge in [0.1, 0.15) is 5.69 Å². The molecule has 0 radical (unpaired) electrons. The molecule has 1 N–H and O–H groups in total. The molecule has 0 fully saturated rings. The van der Waals surface area contributed by atoms with E-state index in [0.29, 0.717) is 12.3 Å². The number of hydrogen-bond donors (Lipinski definition) is 1. The molecular formula is C11H12N2O2. The van der Waals surface area contributed by atoms with Crippen LogP contribution in [0, 0.1) is 11.8 Å². The number of pyridine rings is 1. The molecule has 0 saturated carbocycles. The lowest BCUT2D eigenvalue weighted by atomic mass is 10.3. The Morgan fingerprint density at radius 3 is 3.13 bits per heavy atom. The number of esters is 1. The molecule has 0 spiro atoms. The minimum atomic E-state index is -0.537. The van der Waals surface area contributed by atoms with Crippen molar-refractivity contribution >= 4 is 11.7 Å². The van der Waals surface area contributed by atoms with Crippen LogP contribution in [-0.2, 0) is 9.53 Å². The maximum Gasteiger partial charge on any atom is 0.384 e. The number of carbonyl (C=O) groups is 1. The normalized spacial score (nSPS) is 8.67. The first kappa shape index (κ1) is 11.1. The SMILES string of the molecule is CCOC(=O)C#Cc1ncccc1NC. The van der Waals surface area contributed by atoms with Crippen LogP contribution < -0.4 is 5.32 Å². The number of nitrogens with one attached hydrogen (secondary N) is 1. The van der Waals surface area contributed by atoms with Gasteiger partial charge in [-0.05, 0) is 25.0 Å². The van der Waals surface area contributed by atoms with Crippen molar-refractivity contribution in [1.82, 2.24) is 4.98 Å². The van der Waals surface area contributed by atoms with Crippen LogP contribution in [0.25, 0.3) is 0 Å². The highest BCUT2D eigenvalue weighted by Crippen LogP contribution is 2.08. The molecule has 15 heavy (non-hydrogen) atoms. The fraction of sp³-hybridized carbons (Fsp3) is 0.273. The number of aromatic nitrogens is 1. The second kappa shape index (κ2) is 5.66. The maximum absolute atomic E-state index is 11.0. The van der Waals surface area contributed by atoms with Crippen LogP contribution in [0.2, 0.25) is 0 Å². The van der Waals surface area contributed by atoms with Gasteiger partial charge in [-0.15, -0.1) is 0 Å². The summed E-state index contributed by atoms with van der Waals surface area (Å²) in [7, 11) is 1.77. The Bertz CT molecular complexity index is 405. The van der Waals surface area contributed by atoms with E-state index in [4.69, 9.17) is 0 Å². The number of rotatable bonds is 2. The average Bonchev–Trinajstić information content (AvgIpc) is 2.27. The number of hydrogen-bond acceptors (Lipinski definition) is 4. The predicted molar refractivity (Wildman–Crippen MR) is 57.3 cm³/mol. The third kappa shape index (κ3) is 3.31. The van der Waals surface area contributed by atoms with Gasteiger partial charge in [0.05, 0.1) is 12.3 Å². The van der Waals surface area contributed by atoms with Crippen molar-refractivity contribution in [3.63, 3.8) is 0 Å². The van der Waals surface area contributed by atoms with E-state index in [1.165, 1.54) is 0 Å². The van der Waals surface area contributed by atoms with Gasteiger partial charge in [-0.2, -0.15) is 0 Å². The first-order valence-electron chi connectivity index (χ1n) is 4.59. The minimum Gasteiger partial charge on any atom is -0.456 e. The monoisotopic (exact) mass is 204 g/mol. The molecule has 0 aliphatic heterocycles. The van der Waals surface area contributed by atoms with Crippen LogP contribution >= 0.6 is 0 Å².